The van der Waals surface area contributed by atoms with Crippen LogP contribution in [0.4, 0.5) is 4.79 Å². The number of hydrogen-bond donors (Lipinski definition) is 2. The minimum atomic E-state index is -0.431. The summed E-state index contributed by atoms with van der Waals surface area (Å²) in [5, 5.41) is 11.0. The van der Waals surface area contributed by atoms with E-state index in [9.17, 15) is 4.79 Å². The fourth-order valence-electron chi connectivity index (χ4n) is 0.733. The summed E-state index contributed by atoms with van der Waals surface area (Å²) < 4.78 is 4.61. The highest BCUT2D eigenvalue weighted by Gasteiger charge is 2.39. The Bertz CT molecular complexity index is 154. The van der Waals surface area contributed by atoms with E-state index in [0.29, 0.717) is 0 Å². The van der Waals surface area contributed by atoms with Gasteiger partial charge in [-0.3, -0.25) is 0 Å². The zero-order valence-electron chi connectivity index (χ0n) is 6.59. The summed E-state index contributed by atoms with van der Waals surface area (Å²) in [5.41, 5.74) is -0.0352. The van der Waals surface area contributed by atoms with Crippen molar-refractivity contribution in [3.05, 3.63) is 0 Å². The highest BCUT2D eigenvalue weighted by molar-refractivity contribution is 5.68. The monoisotopic (exact) mass is 159 g/mol. The molecule has 0 aliphatic heterocycles. The Morgan fingerprint density at radius 3 is 2.82 bits per heavy atom. The highest BCUT2D eigenvalue weighted by atomic mass is 16.6. The molecule has 4 heteroatoms. The molecule has 1 aliphatic carbocycles. The lowest BCUT2D eigenvalue weighted by Gasteiger charge is -2.10. The lowest BCUT2D eigenvalue weighted by molar-refractivity contribution is 0.116. The third-order valence-corrected chi connectivity index (χ3v) is 1.73. The maximum atomic E-state index is 10.8. The second-order valence-corrected chi connectivity index (χ2v) is 3.05. The first-order valence-electron chi connectivity index (χ1n) is 3.72. The number of alkyl carbamates (subject to hydrolysis) is 1. The quantitative estimate of drug-likeness (QED) is 0.621. The van der Waals surface area contributed by atoms with E-state index in [1.807, 2.05) is 6.92 Å². The molecule has 11 heavy (non-hydrogen) atoms. The van der Waals surface area contributed by atoms with E-state index in [0.717, 1.165) is 12.8 Å². The van der Waals surface area contributed by atoms with Crippen molar-refractivity contribution < 1.29 is 14.6 Å². The van der Waals surface area contributed by atoms with Crippen LogP contribution in [-0.2, 0) is 4.74 Å². The summed E-state index contributed by atoms with van der Waals surface area (Å²) in [5.74, 6) is 0. The molecule has 0 aromatic rings. The lowest BCUT2D eigenvalue weighted by atomic mass is 10.3. The Hall–Kier alpha value is -0.770. The molecule has 1 fully saturated rings. The molecule has 0 saturated heterocycles. The zero-order valence-corrected chi connectivity index (χ0v) is 6.59. The minimum Gasteiger partial charge on any atom is -0.447 e. The van der Waals surface area contributed by atoms with Crippen LogP contribution >= 0.6 is 0 Å². The third-order valence-electron chi connectivity index (χ3n) is 1.73. The van der Waals surface area contributed by atoms with Crippen LogP contribution in [0.1, 0.15) is 19.8 Å². The molecule has 2 N–H and O–H groups in total. The van der Waals surface area contributed by atoms with E-state index in [2.05, 4.69) is 10.1 Å². The van der Waals surface area contributed by atoms with E-state index in [-0.39, 0.29) is 18.8 Å². The van der Waals surface area contributed by atoms with Gasteiger partial charge in [0.1, 0.15) is 6.61 Å². The average molecular weight is 159 g/mol. The van der Waals surface area contributed by atoms with Gasteiger partial charge in [0.05, 0.1) is 6.61 Å². The average Bonchev–Trinajstić information content (AvgIpc) is 2.63. The molecule has 0 spiro atoms. The normalized spacial score (nSPS) is 19.1. The van der Waals surface area contributed by atoms with Crippen LogP contribution in [0.2, 0.25) is 0 Å². The number of ether oxygens (including phenoxy) is 1. The number of nitrogens with one attached hydrogen (secondary N) is 1. The number of hydrogen-bond acceptors (Lipinski definition) is 3. The molecule has 1 aliphatic rings. The molecule has 1 saturated carbocycles. The molecule has 0 bridgehead atoms. The molecule has 1 rings (SSSR count). The predicted molar refractivity (Wildman–Crippen MR) is 39.2 cm³/mol. The smallest absolute Gasteiger partial charge is 0.407 e. The van der Waals surface area contributed by atoms with Crippen molar-refractivity contribution in [1.29, 1.82) is 0 Å². The van der Waals surface area contributed by atoms with Gasteiger partial charge in [0, 0.05) is 5.54 Å². The van der Waals surface area contributed by atoms with E-state index < -0.39 is 6.09 Å². The van der Waals surface area contributed by atoms with Crippen molar-refractivity contribution >= 4 is 6.09 Å². The van der Waals surface area contributed by atoms with Crippen molar-refractivity contribution in [2.75, 3.05) is 13.2 Å². The molecule has 0 heterocycles. The van der Waals surface area contributed by atoms with Gasteiger partial charge in [0.15, 0.2) is 0 Å². The molecule has 64 valence electrons. The fourth-order valence-corrected chi connectivity index (χ4v) is 0.733. The standard InChI is InChI=1S/C7H13NO3/c1-7(2-3-7)8-6(10)11-5-4-9/h9H,2-5H2,1H3,(H,8,10). The van der Waals surface area contributed by atoms with Gasteiger partial charge >= 0.3 is 6.09 Å². The summed E-state index contributed by atoms with van der Waals surface area (Å²) in [6.07, 6.45) is 1.60. The van der Waals surface area contributed by atoms with E-state index in [1.165, 1.54) is 0 Å². The van der Waals surface area contributed by atoms with E-state index in [1.54, 1.807) is 0 Å². The summed E-state index contributed by atoms with van der Waals surface area (Å²) >= 11 is 0. The number of aliphatic hydroxyl groups is 1. The number of aliphatic hydroxyl groups excluding tert-OH is 1. The molecular weight excluding hydrogens is 146 g/mol. The van der Waals surface area contributed by atoms with Gasteiger partial charge in [-0.1, -0.05) is 0 Å². The van der Waals surface area contributed by atoms with Crippen molar-refractivity contribution in [2.24, 2.45) is 0 Å². The van der Waals surface area contributed by atoms with Crippen LogP contribution in [-0.4, -0.2) is 30.0 Å². The van der Waals surface area contributed by atoms with Gasteiger partial charge in [0.25, 0.3) is 0 Å². The number of carbonyl (C=O) groups is 1. The van der Waals surface area contributed by atoms with Crippen molar-refractivity contribution in [1.82, 2.24) is 5.32 Å². The van der Waals surface area contributed by atoms with Crippen molar-refractivity contribution in [2.45, 2.75) is 25.3 Å². The van der Waals surface area contributed by atoms with Crippen molar-refractivity contribution in [3.63, 3.8) is 0 Å². The predicted octanol–water partition coefficient (Wildman–Crippen LogP) is 0.257. The van der Waals surface area contributed by atoms with Crippen LogP contribution in [0.25, 0.3) is 0 Å². The van der Waals surface area contributed by atoms with Gasteiger partial charge in [-0.15, -0.1) is 0 Å². The first kappa shape index (κ1) is 8.33. The Labute approximate surface area is 65.5 Å². The zero-order chi connectivity index (χ0) is 8.32. The van der Waals surface area contributed by atoms with Gasteiger partial charge in [-0.2, -0.15) is 0 Å². The minimum absolute atomic E-state index is 0.0352. The first-order chi connectivity index (χ1) is 5.16. The largest absolute Gasteiger partial charge is 0.447 e. The molecule has 0 radical (unpaired) electrons. The van der Waals surface area contributed by atoms with Crippen molar-refractivity contribution in [3.8, 4) is 0 Å². The topological polar surface area (TPSA) is 58.6 Å². The Morgan fingerprint density at radius 1 is 1.73 bits per heavy atom. The van der Waals surface area contributed by atoms with E-state index in [4.69, 9.17) is 5.11 Å². The maximum absolute atomic E-state index is 10.8. The second-order valence-electron chi connectivity index (χ2n) is 3.05. The summed E-state index contributed by atoms with van der Waals surface area (Å²) in [4.78, 5) is 10.8. The van der Waals surface area contributed by atoms with Gasteiger partial charge < -0.3 is 15.2 Å². The Morgan fingerprint density at radius 2 is 2.36 bits per heavy atom. The molecule has 0 aromatic carbocycles. The Balaban J connectivity index is 2.11. The molecule has 0 atom stereocenters. The van der Waals surface area contributed by atoms with Gasteiger partial charge in [-0.25, -0.2) is 4.79 Å². The summed E-state index contributed by atoms with van der Waals surface area (Å²) in [6, 6.07) is 0. The molecule has 0 unspecified atom stereocenters. The molecule has 1 amide bonds. The van der Waals surface area contributed by atoms with Gasteiger partial charge in [-0.05, 0) is 19.8 Å². The highest BCUT2D eigenvalue weighted by Crippen LogP contribution is 2.34. The number of amides is 1. The van der Waals surface area contributed by atoms with Crippen LogP contribution in [0, 0.1) is 0 Å². The molecule has 4 nitrogen and oxygen atoms in total. The summed E-state index contributed by atoms with van der Waals surface area (Å²) in [7, 11) is 0. The number of rotatable bonds is 3. The van der Waals surface area contributed by atoms with Crippen LogP contribution in [0.15, 0.2) is 0 Å². The van der Waals surface area contributed by atoms with E-state index >= 15 is 0 Å². The molecular formula is C7H13NO3. The third kappa shape index (κ3) is 2.76. The van der Waals surface area contributed by atoms with Crippen LogP contribution in [0.3, 0.4) is 0 Å². The second kappa shape index (κ2) is 3.09. The SMILES string of the molecule is CC1(NC(=O)OCCO)CC1. The fraction of sp³-hybridized carbons (Fsp3) is 0.857. The Kier molecular flexibility index (Phi) is 2.34. The van der Waals surface area contributed by atoms with Crippen LogP contribution < -0.4 is 5.32 Å². The van der Waals surface area contributed by atoms with Gasteiger partial charge in [0.2, 0.25) is 0 Å². The van der Waals surface area contributed by atoms with Crippen LogP contribution in [0.5, 0.6) is 0 Å². The first-order valence-corrected chi connectivity index (χ1v) is 3.72. The number of carbonyl (C=O) groups excluding carboxylic acids is 1. The lowest BCUT2D eigenvalue weighted by Crippen LogP contribution is -2.35. The maximum Gasteiger partial charge on any atom is 0.407 e. The summed E-state index contributed by atoms with van der Waals surface area (Å²) in [6.45, 7) is 1.92. The molecule has 0 aromatic heterocycles.